The molecule has 1 fully saturated rings. The van der Waals surface area contributed by atoms with Crippen LogP contribution < -0.4 is 5.56 Å². The topological polar surface area (TPSA) is 71.6 Å². The Labute approximate surface area is 174 Å². The molecular formula is C21H17F3N4OS. The minimum atomic E-state index is -4.48. The second kappa shape index (κ2) is 7.43. The lowest BCUT2D eigenvalue weighted by atomic mass is 9.99. The van der Waals surface area contributed by atoms with Crippen LogP contribution in [-0.2, 0) is 12.0 Å². The summed E-state index contributed by atoms with van der Waals surface area (Å²) in [5.41, 5.74) is 0.857. The van der Waals surface area contributed by atoms with Gasteiger partial charge in [0.25, 0.3) is 5.56 Å². The van der Waals surface area contributed by atoms with Gasteiger partial charge < -0.3 is 4.57 Å². The number of aromatic nitrogens is 3. The monoisotopic (exact) mass is 430 g/mol. The number of nitriles is 1. The molecule has 1 aliphatic carbocycles. The molecule has 0 saturated heterocycles. The number of halogens is 3. The first-order valence-corrected chi connectivity index (χ1v) is 10.4. The standard InChI is InChI=1S/C21H17F3N4OS/c1-2-30-17-8-14(20(11-25)4-5-20)9-27-18(17)16-7-13-3-6-28(12-21(22,23)24)19(29)15(13)10-26-16/h3,6-10H,2,4-5,12H2,1H3. The van der Waals surface area contributed by atoms with E-state index >= 15 is 0 Å². The van der Waals surface area contributed by atoms with Crippen LogP contribution in [0.4, 0.5) is 13.2 Å². The first-order chi connectivity index (χ1) is 14.3. The molecule has 1 aliphatic rings. The third-order valence-electron chi connectivity index (χ3n) is 5.12. The van der Waals surface area contributed by atoms with E-state index in [-0.39, 0.29) is 5.39 Å². The van der Waals surface area contributed by atoms with E-state index in [1.165, 1.54) is 12.3 Å². The van der Waals surface area contributed by atoms with E-state index in [0.717, 1.165) is 35.3 Å². The molecule has 0 spiro atoms. The first kappa shape index (κ1) is 20.4. The van der Waals surface area contributed by atoms with E-state index in [1.807, 2.05) is 13.0 Å². The third kappa shape index (κ3) is 3.79. The van der Waals surface area contributed by atoms with Gasteiger partial charge in [0, 0.05) is 23.5 Å². The van der Waals surface area contributed by atoms with E-state index in [9.17, 15) is 23.2 Å². The van der Waals surface area contributed by atoms with E-state index < -0.39 is 23.7 Å². The highest BCUT2D eigenvalue weighted by molar-refractivity contribution is 7.99. The predicted molar refractivity (Wildman–Crippen MR) is 108 cm³/mol. The zero-order valence-corrected chi connectivity index (χ0v) is 16.8. The lowest BCUT2D eigenvalue weighted by molar-refractivity contribution is -0.141. The van der Waals surface area contributed by atoms with Crippen LogP contribution in [0.2, 0.25) is 0 Å². The molecular weight excluding hydrogens is 413 g/mol. The van der Waals surface area contributed by atoms with Gasteiger partial charge in [-0.25, -0.2) is 0 Å². The van der Waals surface area contributed by atoms with Crippen LogP contribution in [0.5, 0.6) is 0 Å². The molecule has 154 valence electrons. The lowest BCUT2D eigenvalue weighted by Gasteiger charge is -2.13. The summed E-state index contributed by atoms with van der Waals surface area (Å²) < 4.78 is 38.6. The van der Waals surface area contributed by atoms with Crippen molar-refractivity contribution in [2.75, 3.05) is 5.75 Å². The lowest BCUT2D eigenvalue weighted by Crippen LogP contribution is -2.27. The number of pyridine rings is 3. The molecule has 3 aromatic rings. The van der Waals surface area contributed by atoms with Gasteiger partial charge in [-0.2, -0.15) is 18.4 Å². The number of rotatable bonds is 5. The Morgan fingerprint density at radius 2 is 2.03 bits per heavy atom. The van der Waals surface area contributed by atoms with E-state index in [4.69, 9.17) is 0 Å². The number of hydrogen-bond donors (Lipinski definition) is 0. The van der Waals surface area contributed by atoms with Gasteiger partial charge in [0.2, 0.25) is 0 Å². The zero-order chi connectivity index (χ0) is 21.5. The number of hydrogen-bond acceptors (Lipinski definition) is 5. The quantitative estimate of drug-likeness (QED) is 0.549. The summed E-state index contributed by atoms with van der Waals surface area (Å²) in [6, 6.07) is 7.48. The van der Waals surface area contributed by atoms with Crippen LogP contribution in [0.3, 0.4) is 0 Å². The van der Waals surface area contributed by atoms with Crippen molar-refractivity contribution in [1.29, 1.82) is 5.26 Å². The van der Waals surface area contributed by atoms with Crippen molar-refractivity contribution < 1.29 is 13.2 Å². The summed E-state index contributed by atoms with van der Waals surface area (Å²) in [4.78, 5) is 22.1. The van der Waals surface area contributed by atoms with Gasteiger partial charge in [-0.05, 0) is 47.7 Å². The maximum Gasteiger partial charge on any atom is 0.406 e. The Morgan fingerprint density at radius 3 is 2.67 bits per heavy atom. The summed E-state index contributed by atoms with van der Waals surface area (Å²) in [5, 5.41) is 10.1. The molecule has 0 aliphatic heterocycles. The van der Waals surface area contributed by atoms with Crippen molar-refractivity contribution in [3.63, 3.8) is 0 Å². The molecule has 9 heteroatoms. The minimum absolute atomic E-state index is 0.119. The fraction of sp³-hybridized carbons (Fsp3) is 0.333. The van der Waals surface area contributed by atoms with Gasteiger partial charge in [-0.3, -0.25) is 14.8 Å². The van der Waals surface area contributed by atoms with Gasteiger partial charge in [0.1, 0.15) is 12.2 Å². The minimum Gasteiger partial charge on any atom is -0.306 e. The molecule has 30 heavy (non-hydrogen) atoms. The summed E-state index contributed by atoms with van der Waals surface area (Å²) >= 11 is 1.58. The molecule has 0 atom stereocenters. The van der Waals surface area contributed by atoms with Crippen LogP contribution in [0.25, 0.3) is 22.2 Å². The number of nitrogens with zero attached hydrogens (tertiary/aromatic N) is 4. The van der Waals surface area contributed by atoms with E-state index in [0.29, 0.717) is 21.3 Å². The highest BCUT2D eigenvalue weighted by atomic mass is 32.2. The van der Waals surface area contributed by atoms with Crippen LogP contribution in [0.1, 0.15) is 25.3 Å². The van der Waals surface area contributed by atoms with Crippen LogP contribution in [-0.4, -0.2) is 26.5 Å². The molecule has 0 amide bonds. The fourth-order valence-electron chi connectivity index (χ4n) is 3.38. The fourth-order valence-corrected chi connectivity index (χ4v) is 4.20. The first-order valence-electron chi connectivity index (χ1n) is 9.37. The Hall–Kier alpha value is -2.86. The second-order valence-corrected chi connectivity index (χ2v) is 8.52. The maximum atomic E-state index is 12.7. The van der Waals surface area contributed by atoms with Gasteiger partial charge >= 0.3 is 6.18 Å². The van der Waals surface area contributed by atoms with Crippen molar-refractivity contribution in [3.05, 3.63) is 52.7 Å². The SMILES string of the molecule is CCSc1cc(C2(C#N)CC2)cnc1-c1cc2ccn(CC(F)(F)F)c(=O)c2cn1. The molecule has 0 unspecified atom stereocenters. The molecule has 4 rings (SSSR count). The molecule has 0 radical (unpaired) electrons. The maximum absolute atomic E-state index is 12.7. The average molecular weight is 430 g/mol. The second-order valence-electron chi connectivity index (χ2n) is 7.22. The molecule has 5 nitrogen and oxygen atoms in total. The normalized spacial score (nSPS) is 15.2. The summed E-state index contributed by atoms with van der Waals surface area (Å²) in [7, 11) is 0. The van der Waals surface area contributed by atoms with E-state index in [2.05, 4.69) is 16.0 Å². The predicted octanol–water partition coefficient (Wildman–Crippen LogP) is 4.69. The number of thioether (sulfide) groups is 1. The zero-order valence-electron chi connectivity index (χ0n) is 16.0. The molecule has 0 aromatic carbocycles. The Balaban J connectivity index is 1.77. The van der Waals surface area contributed by atoms with E-state index in [1.54, 1.807) is 24.0 Å². The van der Waals surface area contributed by atoms with Crippen molar-refractivity contribution in [2.45, 2.75) is 42.8 Å². The largest absolute Gasteiger partial charge is 0.406 e. The smallest absolute Gasteiger partial charge is 0.306 e. The summed E-state index contributed by atoms with van der Waals surface area (Å²) in [5.74, 6) is 0.799. The molecule has 0 N–H and O–H groups in total. The van der Waals surface area contributed by atoms with Crippen molar-refractivity contribution >= 4 is 22.5 Å². The highest BCUT2D eigenvalue weighted by Crippen LogP contribution is 2.48. The molecule has 3 aromatic heterocycles. The van der Waals surface area contributed by atoms with Crippen LogP contribution >= 0.6 is 11.8 Å². The van der Waals surface area contributed by atoms with Crippen LogP contribution in [0.15, 0.2) is 46.5 Å². The van der Waals surface area contributed by atoms with Gasteiger partial charge in [-0.1, -0.05) is 6.92 Å². The number of fused-ring (bicyclic) bond motifs is 1. The van der Waals surface area contributed by atoms with Crippen molar-refractivity contribution in [1.82, 2.24) is 14.5 Å². The number of alkyl halides is 3. The molecule has 3 heterocycles. The van der Waals surface area contributed by atoms with Crippen molar-refractivity contribution in [3.8, 4) is 17.5 Å². The molecule has 1 saturated carbocycles. The molecule has 0 bridgehead atoms. The Kier molecular flexibility index (Phi) is 5.06. The van der Waals surface area contributed by atoms with Crippen LogP contribution in [0, 0.1) is 11.3 Å². The Bertz CT molecular complexity index is 1230. The Morgan fingerprint density at radius 1 is 1.27 bits per heavy atom. The van der Waals surface area contributed by atoms with Crippen molar-refractivity contribution in [2.24, 2.45) is 0 Å². The summed E-state index contributed by atoms with van der Waals surface area (Å²) in [6.45, 7) is 0.666. The highest BCUT2D eigenvalue weighted by Gasteiger charge is 2.45. The van der Waals surface area contributed by atoms with Gasteiger partial charge in [0.05, 0.1) is 22.6 Å². The third-order valence-corrected chi connectivity index (χ3v) is 6.03. The van der Waals surface area contributed by atoms with Gasteiger partial charge in [-0.15, -0.1) is 11.8 Å². The van der Waals surface area contributed by atoms with Gasteiger partial charge in [0.15, 0.2) is 0 Å². The summed E-state index contributed by atoms with van der Waals surface area (Å²) in [6.07, 6.45) is 1.29. The average Bonchev–Trinajstić information content (AvgIpc) is 3.51.